The Hall–Kier alpha value is -1.82. The van der Waals surface area contributed by atoms with E-state index in [1.807, 2.05) is 0 Å². The van der Waals surface area contributed by atoms with Crippen LogP contribution in [0.25, 0.3) is 0 Å². The van der Waals surface area contributed by atoms with Crippen LogP contribution >= 0.6 is 11.3 Å². The Balaban J connectivity index is 2.23. The van der Waals surface area contributed by atoms with Crippen molar-refractivity contribution >= 4 is 21.4 Å². The lowest BCUT2D eigenvalue weighted by Gasteiger charge is -2.05. The van der Waals surface area contributed by atoms with E-state index in [9.17, 15) is 8.42 Å². The average Bonchev–Trinajstić information content (AvgIpc) is 2.89. The second-order valence-corrected chi connectivity index (χ2v) is 5.72. The smallest absolute Gasteiger partial charge is 0.243 e. The van der Waals surface area contributed by atoms with Crippen molar-refractivity contribution in [1.29, 1.82) is 5.26 Å². The fourth-order valence-electron chi connectivity index (χ4n) is 1.26. The minimum atomic E-state index is -3.75. The molecule has 0 radical (unpaired) electrons. The summed E-state index contributed by atoms with van der Waals surface area (Å²) in [5, 5.41) is 10.6. The van der Waals surface area contributed by atoms with E-state index in [4.69, 9.17) is 5.26 Å². The fourth-order valence-corrected chi connectivity index (χ4v) is 2.93. The number of hydrogen-bond acceptors (Lipinski definition) is 6. The highest BCUT2D eigenvalue weighted by Crippen LogP contribution is 2.12. The van der Waals surface area contributed by atoms with E-state index in [1.54, 1.807) is 17.0 Å². The van der Waals surface area contributed by atoms with Gasteiger partial charge in [0.2, 0.25) is 10.0 Å². The molecule has 0 saturated carbocycles. The van der Waals surface area contributed by atoms with Gasteiger partial charge in [0, 0.05) is 11.6 Å². The molecule has 0 aromatic carbocycles. The van der Waals surface area contributed by atoms with Gasteiger partial charge in [-0.15, -0.1) is 11.3 Å². The van der Waals surface area contributed by atoms with Crippen molar-refractivity contribution < 1.29 is 8.42 Å². The first-order chi connectivity index (χ1) is 8.63. The molecule has 6 nitrogen and oxygen atoms in total. The summed E-state index contributed by atoms with van der Waals surface area (Å²) in [6.07, 6.45) is 1.37. The summed E-state index contributed by atoms with van der Waals surface area (Å²) < 4.78 is 26.3. The molecule has 0 aliphatic rings. The van der Waals surface area contributed by atoms with Crippen LogP contribution in [-0.2, 0) is 16.6 Å². The van der Waals surface area contributed by atoms with E-state index in [0.717, 1.165) is 0 Å². The summed E-state index contributed by atoms with van der Waals surface area (Å²) in [4.78, 5) is 7.56. The zero-order valence-corrected chi connectivity index (χ0v) is 10.7. The molecule has 0 aliphatic carbocycles. The molecule has 0 bridgehead atoms. The van der Waals surface area contributed by atoms with Gasteiger partial charge in [-0.2, -0.15) is 5.26 Å². The van der Waals surface area contributed by atoms with E-state index < -0.39 is 10.0 Å². The molecule has 0 saturated heterocycles. The molecule has 0 fully saturated rings. The average molecular weight is 280 g/mol. The van der Waals surface area contributed by atoms with E-state index >= 15 is 0 Å². The fraction of sp³-hybridized carbons (Fsp3) is 0.100. The summed E-state index contributed by atoms with van der Waals surface area (Å²) in [7, 11) is -3.75. The van der Waals surface area contributed by atoms with Crippen LogP contribution in [0, 0.1) is 11.3 Å². The first kappa shape index (κ1) is 12.6. The summed E-state index contributed by atoms with van der Waals surface area (Å²) in [6, 6.07) is 4.56. The van der Waals surface area contributed by atoms with Crippen LogP contribution in [0.2, 0.25) is 0 Å². The number of aromatic nitrogens is 2. The number of nitrogens with one attached hydrogen (secondary N) is 1. The van der Waals surface area contributed by atoms with Crippen molar-refractivity contribution in [3.63, 3.8) is 0 Å². The lowest BCUT2D eigenvalue weighted by atomic mass is 10.4. The van der Waals surface area contributed by atoms with Crippen LogP contribution < -0.4 is 4.72 Å². The third kappa shape index (κ3) is 2.70. The van der Waals surface area contributed by atoms with Gasteiger partial charge in [-0.3, -0.25) is 0 Å². The Bertz CT molecular complexity index is 674. The number of sulfonamides is 1. The van der Waals surface area contributed by atoms with E-state index in [0.29, 0.717) is 5.69 Å². The number of nitriles is 1. The molecule has 2 heterocycles. The van der Waals surface area contributed by atoms with E-state index in [-0.39, 0.29) is 17.1 Å². The van der Waals surface area contributed by atoms with Gasteiger partial charge in [0.05, 0.1) is 17.7 Å². The van der Waals surface area contributed by atoms with Crippen LogP contribution in [0.15, 0.2) is 34.1 Å². The normalized spacial score (nSPS) is 11.1. The molecular weight excluding hydrogens is 272 g/mol. The molecule has 92 valence electrons. The van der Waals surface area contributed by atoms with Gasteiger partial charge >= 0.3 is 0 Å². The van der Waals surface area contributed by atoms with Crippen LogP contribution in [-0.4, -0.2) is 18.4 Å². The molecule has 0 aliphatic heterocycles. The van der Waals surface area contributed by atoms with Crippen molar-refractivity contribution in [2.45, 2.75) is 11.4 Å². The molecule has 2 rings (SSSR count). The van der Waals surface area contributed by atoms with Gasteiger partial charge < -0.3 is 0 Å². The largest absolute Gasteiger partial charge is 0.248 e. The predicted octanol–water partition coefficient (Wildman–Crippen LogP) is 0.888. The number of pyridine rings is 1. The number of hydrogen-bond donors (Lipinski definition) is 1. The predicted molar refractivity (Wildman–Crippen MR) is 65.1 cm³/mol. The molecule has 0 spiro atoms. The molecule has 1 N–H and O–H groups in total. The Labute approximate surface area is 108 Å². The Kier molecular flexibility index (Phi) is 3.66. The number of nitrogens with zero attached hydrogens (tertiary/aromatic N) is 3. The third-order valence-electron chi connectivity index (χ3n) is 2.09. The molecule has 2 aromatic heterocycles. The van der Waals surface area contributed by atoms with Crippen molar-refractivity contribution in [3.8, 4) is 6.07 Å². The molecule has 18 heavy (non-hydrogen) atoms. The number of rotatable bonds is 4. The van der Waals surface area contributed by atoms with Gasteiger partial charge in [-0.05, 0) is 12.1 Å². The van der Waals surface area contributed by atoms with E-state index in [1.165, 1.54) is 29.7 Å². The first-order valence-electron chi connectivity index (χ1n) is 4.85. The molecule has 0 atom stereocenters. The number of thiazole rings is 1. The lowest BCUT2D eigenvalue weighted by Crippen LogP contribution is -2.24. The van der Waals surface area contributed by atoms with Crippen LogP contribution in [0.5, 0.6) is 0 Å². The summed E-state index contributed by atoms with van der Waals surface area (Å²) in [5.41, 5.74) is 2.13. The van der Waals surface area contributed by atoms with Crippen LogP contribution in [0.1, 0.15) is 11.4 Å². The van der Waals surface area contributed by atoms with Gasteiger partial charge in [0.15, 0.2) is 5.69 Å². The monoisotopic (exact) mass is 280 g/mol. The highest BCUT2D eigenvalue weighted by atomic mass is 32.2. The minimum absolute atomic E-state index is 0.0889. The maximum atomic E-state index is 12.0. The molecule has 0 amide bonds. The van der Waals surface area contributed by atoms with Gasteiger partial charge in [0.25, 0.3) is 0 Å². The standard InChI is InChI=1S/C10H8N4O2S2/c11-4-9-10(2-1-3-12-9)18(15,16)14-5-8-6-17-7-13-8/h1-3,6-7,14H,5H2. The second-order valence-electron chi connectivity index (χ2n) is 3.27. The van der Waals surface area contributed by atoms with E-state index in [2.05, 4.69) is 14.7 Å². The highest BCUT2D eigenvalue weighted by Gasteiger charge is 2.18. The van der Waals surface area contributed by atoms with Crippen molar-refractivity contribution in [2.24, 2.45) is 0 Å². The molecule has 2 aromatic rings. The Morgan fingerprint density at radius 3 is 2.94 bits per heavy atom. The van der Waals surface area contributed by atoms with Crippen molar-refractivity contribution in [1.82, 2.24) is 14.7 Å². The first-order valence-corrected chi connectivity index (χ1v) is 7.28. The van der Waals surface area contributed by atoms with Crippen molar-refractivity contribution in [3.05, 3.63) is 40.6 Å². The topological polar surface area (TPSA) is 95.7 Å². The zero-order valence-electron chi connectivity index (χ0n) is 9.07. The molecular formula is C10H8N4O2S2. The Morgan fingerprint density at radius 1 is 1.44 bits per heavy atom. The van der Waals surface area contributed by atoms with Gasteiger partial charge in [0.1, 0.15) is 11.0 Å². The zero-order chi connectivity index (χ0) is 13.0. The van der Waals surface area contributed by atoms with Crippen LogP contribution in [0.3, 0.4) is 0 Å². The SMILES string of the molecule is N#Cc1ncccc1S(=O)(=O)NCc1cscn1. The van der Waals surface area contributed by atoms with Crippen LogP contribution in [0.4, 0.5) is 0 Å². The third-order valence-corrected chi connectivity index (χ3v) is 4.16. The summed E-state index contributed by atoms with van der Waals surface area (Å²) >= 11 is 1.38. The molecule has 0 unspecified atom stereocenters. The van der Waals surface area contributed by atoms with Gasteiger partial charge in [-0.1, -0.05) is 0 Å². The highest BCUT2D eigenvalue weighted by molar-refractivity contribution is 7.89. The maximum Gasteiger partial charge on any atom is 0.243 e. The summed E-state index contributed by atoms with van der Waals surface area (Å²) in [5.74, 6) is 0. The maximum absolute atomic E-state index is 12.0. The lowest BCUT2D eigenvalue weighted by molar-refractivity contribution is 0.580. The van der Waals surface area contributed by atoms with Crippen molar-refractivity contribution in [2.75, 3.05) is 0 Å². The molecule has 8 heteroatoms. The van der Waals surface area contributed by atoms with Gasteiger partial charge in [-0.25, -0.2) is 23.1 Å². The quantitative estimate of drug-likeness (QED) is 0.897. The summed E-state index contributed by atoms with van der Waals surface area (Å²) in [6.45, 7) is 0.0889. The minimum Gasteiger partial charge on any atom is -0.248 e. The second kappa shape index (κ2) is 5.22. The Morgan fingerprint density at radius 2 is 2.28 bits per heavy atom.